The van der Waals surface area contributed by atoms with Crippen molar-refractivity contribution < 1.29 is 9.47 Å². The lowest BCUT2D eigenvalue weighted by Gasteiger charge is -2.08. The maximum absolute atomic E-state index is 5.37. The Morgan fingerprint density at radius 3 is 2.38 bits per heavy atom. The van der Waals surface area contributed by atoms with Gasteiger partial charge in [-0.3, -0.25) is 0 Å². The number of rotatable bonds is 9. The SMILES string of the molecule is CCCOCCNCCOC(C)C. The van der Waals surface area contributed by atoms with Crippen molar-refractivity contribution in [1.82, 2.24) is 5.32 Å². The third-order valence-electron chi connectivity index (χ3n) is 1.50. The van der Waals surface area contributed by atoms with E-state index in [-0.39, 0.29) is 0 Å². The molecule has 0 heterocycles. The lowest BCUT2D eigenvalue weighted by atomic mass is 10.5. The maximum Gasteiger partial charge on any atom is 0.0594 e. The lowest BCUT2D eigenvalue weighted by molar-refractivity contribution is 0.0783. The normalized spacial score (nSPS) is 11.1. The highest BCUT2D eigenvalue weighted by Gasteiger charge is 1.92. The van der Waals surface area contributed by atoms with Crippen molar-refractivity contribution in [2.75, 3.05) is 32.9 Å². The molecule has 0 aliphatic carbocycles. The van der Waals surface area contributed by atoms with Crippen LogP contribution in [-0.2, 0) is 9.47 Å². The van der Waals surface area contributed by atoms with Crippen molar-refractivity contribution >= 4 is 0 Å². The fraction of sp³-hybridized carbons (Fsp3) is 1.00. The highest BCUT2D eigenvalue weighted by Crippen LogP contribution is 1.84. The minimum Gasteiger partial charge on any atom is -0.380 e. The molecule has 0 unspecified atom stereocenters. The van der Waals surface area contributed by atoms with Crippen molar-refractivity contribution in [3.05, 3.63) is 0 Å². The summed E-state index contributed by atoms with van der Waals surface area (Å²) in [5.41, 5.74) is 0. The van der Waals surface area contributed by atoms with Crippen LogP contribution >= 0.6 is 0 Å². The number of ether oxygens (including phenoxy) is 2. The fourth-order valence-electron chi connectivity index (χ4n) is 0.883. The molecule has 13 heavy (non-hydrogen) atoms. The van der Waals surface area contributed by atoms with E-state index in [0.717, 1.165) is 39.3 Å². The quantitative estimate of drug-likeness (QED) is 0.557. The highest BCUT2D eigenvalue weighted by atomic mass is 16.5. The van der Waals surface area contributed by atoms with Gasteiger partial charge in [0.1, 0.15) is 0 Å². The molecule has 3 heteroatoms. The van der Waals surface area contributed by atoms with Crippen LogP contribution in [-0.4, -0.2) is 39.0 Å². The molecule has 0 radical (unpaired) electrons. The Hall–Kier alpha value is -0.120. The second kappa shape index (κ2) is 9.96. The monoisotopic (exact) mass is 189 g/mol. The molecule has 0 amide bonds. The average molecular weight is 189 g/mol. The van der Waals surface area contributed by atoms with Crippen molar-refractivity contribution in [3.8, 4) is 0 Å². The fourth-order valence-corrected chi connectivity index (χ4v) is 0.883. The van der Waals surface area contributed by atoms with Gasteiger partial charge in [-0.25, -0.2) is 0 Å². The second-order valence-corrected chi connectivity index (χ2v) is 3.28. The van der Waals surface area contributed by atoms with E-state index in [1.54, 1.807) is 0 Å². The van der Waals surface area contributed by atoms with Crippen LogP contribution in [0.3, 0.4) is 0 Å². The van der Waals surface area contributed by atoms with Gasteiger partial charge in [0.2, 0.25) is 0 Å². The van der Waals surface area contributed by atoms with Crippen molar-refractivity contribution in [2.45, 2.75) is 33.3 Å². The predicted octanol–water partition coefficient (Wildman–Crippen LogP) is 1.43. The third kappa shape index (κ3) is 11.9. The summed E-state index contributed by atoms with van der Waals surface area (Å²) in [4.78, 5) is 0. The molecular weight excluding hydrogens is 166 g/mol. The summed E-state index contributed by atoms with van der Waals surface area (Å²) in [5, 5.41) is 3.25. The van der Waals surface area contributed by atoms with Crippen LogP contribution in [0, 0.1) is 0 Å². The van der Waals surface area contributed by atoms with Gasteiger partial charge in [-0.15, -0.1) is 0 Å². The van der Waals surface area contributed by atoms with Crippen LogP contribution in [0.2, 0.25) is 0 Å². The van der Waals surface area contributed by atoms with E-state index >= 15 is 0 Å². The summed E-state index contributed by atoms with van der Waals surface area (Å²) < 4.78 is 10.7. The molecule has 3 nitrogen and oxygen atoms in total. The van der Waals surface area contributed by atoms with Gasteiger partial charge in [0.05, 0.1) is 19.3 Å². The van der Waals surface area contributed by atoms with E-state index in [4.69, 9.17) is 9.47 Å². The van der Waals surface area contributed by atoms with Crippen LogP contribution in [0.15, 0.2) is 0 Å². The largest absolute Gasteiger partial charge is 0.380 e. The van der Waals surface area contributed by atoms with Gasteiger partial charge in [0.15, 0.2) is 0 Å². The van der Waals surface area contributed by atoms with E-state index in [2.05, 4.69) is 12.2 Å². The average Bonchev–Trinajstić information content (AvgIpc) is 2.09. The van der Waals surface area contributed by atoms with Crippen molar-refractivity contribution in [2.24, 2.45) is 0 Å². The summed E-state index contributed by atoms with van der Waals surface area (Å²) in [6, 6.07) is 0. The summed E-state index contributed by atoms with van der Waals surface area (Å²) in [5.74, 6) is 0. The van der Waals surface area contributed by atoms with Gasteiger partial charge in [0.25, 0.3) is 0 Å². The molecule has 0 atom stereocenters. The van der Waals surface area contributed by atoms with Gasteiger partial charge >= 0.3 is 0 Å². The van der Waals surface area contributed by atoms with Gasteiger partial charge in [-0.05, 0) is 20.3 Å². The Balaban J connectivity index is 2.84. The van der Waals surface area contributed by atoms with Crippen LogP contribution in [0.25, 0.3) is 0 Å². The highest BCUT2D eigenvalue weighted by molar-refractivity contribution is 4.46. The second-order valence-electron chi connectivity index (χ2n) is 3.28. The smallest absolute Gasteiger partial charge is 0.0594 e. The Bertz CT molecular complexity index is 96.9. The summed E-state index contributed by atoms with van der Waals surface area (Å²) in [6.07, 6.45) is 1.43. The van der Waals surface area contributed by atoms with Gasteiger partial charge in [-0.2, -0.15) is 0 Å². The first-order valence-electron chi connectivity index (χ1n) is 5.17. The van der Waals surface area contributed by atoms with Crippen LogP contribution in [0.5, 0.6) is 0 Å². The van der Waals surface area contributed by atoms with Gasteiger partial charge in [-0.1, -0.05) is 6.92 Å². The first-order chi connectivity index (χ1) is 6.27. The Morgan fingerprint density at radius 1 is 1.08 bits per heavy atom. The molecule has 0 aromatic heterocycles. The number of nitrogens with one attached hydrogen (secondary N) is 1. The molecule has 0 saturated heterocycles. The number of hydrogen-bond acceptors (Lipinski definition) is 3. The molecule has 0 aromatic carbocycles. The molecule has 80 valence electrons. The Morgan fingerprint density at radius 2 is 1.77 bits per heavy atom. The standard InChI is InChI=1S/C10H23NO2/c1-4-7-12-8-5-11-6-9-13-10(2)3/h10-11H,4-9H2,1-3H3. The van der Waals surface area contributed by atoms with Gasteiger partial charge < -0.3 is 14.8 Å². The predicted molar refractivity (Wildman–Crippen MR) is 55.1 cm³/mol. The Labute approximate surface area is 81.8 Å². The molecule has 0 bridgehead atoms. The molecular formula is C10H23NO2. The molecule has 0 aliphatic heterocycles. The maximum atomic E-state index is 5.37. The molecule has 0 fully saturated rings. The molecule has 0 aromatic rings. The lowest BCUT2D eigenvalue weighted by Crippen LogP contribution is -2.25. The zero-order valence-electron chi connectivity index (χ0n) is 9.14. The van der Waals surface area contributed by atoms with Crippen LogP contribution < -0.4 is 5.32 Å². The van der Waals surface area contributed by atoms with Crippen LogP contribution in [0.4, 0.5) is 0 Å². The molecule has 0 rings (SSSR count). The number of hydrogen-bond donors (Lipinski definition) is 1. The molecule has 1 N–H and O–H groups in total. The third-order valence-corrected chi connectivity index (χ3v) is 1.50. The van der Waals surface area contributed by atoms with E-state index in [0.29, 0.717) is 6.10 Å². The minimum absolute atomic E-state index is 0.332. The summed E-state index contributed by atoms with van der Waals surface area (Å²) >= 11 is 0. The zero-order valence-corrected chi connectivity index (χ0v) is 9.14. The first-order valence-corrected chi connectivity index (χ1v) is 5.17. The van der Waals surface area contributed by atoms with Crippen molar-refractivity contribution in [1.29, 1.82) is 0 Å². The molecule has 0 spiro atoms. The molecule has 0 aliphatic rings. The van der Waals surface area contributed by atoms with Crippen molar-refractivity contribution in [3.63, 3.8) is 0 Å². The molecule has 0 saturated carbocycles. The van der Waals surface area contributed by atoms with Gasteiger partial charge in [0, 0.05) is 19.7 Å². The first kappa shape index (κ1) is 12.9. The topological polar surface area (TPSA) is 30.5 Å². The minimum atomic E-state index is 0.332. The Kier molecular flexibility index (Phi) is 9.87. The van der Waals surface area contributed by atoms with Crippen LogP contribution in [0.1, 0.15) is 27.2 Å². The zero-order chi connectivity index (χ0) is 9.94. The van der Waals surface area contributed by atoms with E-state index < -0.39 is 0 Å². The van der Waals surface area contributed by atoms with E-state index in [9.17, 15) is 0 Å². The van der Waals surface area contributed by atoms with E-state index in [1.807, 2.05) is 13.8 Å². The summed E-state index contributed by atoms with van der Waals surface area (Å²) in [7, 11) is 0. The summed E-state index contributed by atoms with van der Waals surface area (Å²) in [6.45, 7) is 10.5. The van der Waals surface area contributed by atoms with E-state index in [1.165, 1.54) is 0 Å².